The van der Waals surface area contributed by atoms with Gasteiger partial charge in [0.05, 0.1) is 13.0 Å². The first kappa shape index (κ1) is 16.8. The highest BCUT2D eigenvalue weighted by Crippen LogP contribution is 2.26. The lowest BCUT2D eigenvalue weighted by atomic mass is 9.98. The summed E-state index contributed by atoms with van der Waals surface area (Å²) in [5, 5.41) is 4.01. The molecular formula is C20H25NO3. The summed E-state index contributed by atoms with van der Waals surface area (Å²) in [5.74, 6) is 1.09. The topological polar surface area (TPSA) is 38.8 Å². The monoisotopic (exact) mass is 327 g/mol. The molecule has 1 unspecified atom stereocenters. The molecule has 0 radical (unpaired) electrons. The first-order chi connectivity index (χ1) is 11.6. The number of rotatable bonds is 4. The van der Waals surface area contributed by atoms with E-state index in [4.69, 9.17) is 9.57 Å². The fourth-order valence-corrected chi connectivity index (χ4v) is 3.06. The maximum atomic E-state index is 12.4. The Morgan fingerprint density at radius 1 is 1.12 bits per heavy atom. The highest BCUT2D eigenvalue weighted by Gasteiger charge is 2.23. The lowest BCUT2D eigenvalue weighted by Gasteiger charge is -2.29. The number of hydroxylamine groups is 2. The molecule has 0 spiro atoms. The highest BCUT2D eigenvalue weighted by molar-refractivity contribution is 5.86. The third-order valence-corrected chi connectivity index (χ3v) is 4.89. The lowest BCUT2D eigenvalue weighted by molar-refractivity contribution is -0.197. The summed E-state index contributed by atoms with van der Waals surface area (Å²) < 4.78 is 5.25. The molecular weight excluding hydrogens is 302 g/mol. The van der Waals surface area contributed by atoms with Gasteiger partial charge in [0.1, 0.15) is 5.75 Å². The zero-order valence-electron chi connectivity index (χ0n) is 14.6. The normalized spacial score (nSPS) is 17.6. The third-order valence-electron chi connectivity index (χ3n) is 4.89. The van der Waals surface area contributed by atoms with Crippen LogP contribution in [0, 0.1) is 5.92 Å². The Bertz CT molecular complexity index is 720. The molecule has 128 valence electrons. The molecule has 2 aromatic rings. The van der Waals surface area contributed by atoms with Crippen molar-refractivity contribution >= 4 is 16.7 Å². The van der Waals surface area contributed by atoms with Crippen LogP contribution in [0.5, 0.6) is 5.75 Å². The van der Waals surface area contributed by atoms with Crippen LogP contribution in [0.4, 0.5) is 0 Å². The molecule has 0 N–H and O–H groups in total. The van der Waals surface area contributed by atoms with Gasteiger partial charge < -0.3 is 9.57 Å². The molecule has 0 aromatic heterocycles. The maximum absolute atomic E-state index is 12.4. The van der Waals surface area contributed by atoms with Crippen LogP contribution in [0.25, 0.3) is 10.8 Å². The molecule has 0 aliphatic carbocycles. The molecule has 1 aliphatic rings. The first-order valence-electron chi connectivity index (χ1n) is 8.61. The van der Waals surface area contributed by atoms with E-state index in [2.05, 4.69) is 13.0 Å². The van der Waals surface area contributed by atoms with Gasteiger partial charge in [-0.25, -0.2) is 4.79 Å². The Balaban J connectivity index is 1.70. The molecule has 0 amide bonds. The molecule has 0 saturated carbocycles. The lowest BCUT2D eigenvalue weighted by Crippen LogP contribution is -2.36. The van der Waals surface area contributed by atoms with Gasteiger partial charge in [-0.3, -0.25) is 0 Å². The molecule has 1 fully saturated rings. The molecule has 1 atom stereocenters. The van der Waals surface area contributed by atoms with Crippen molar-refractivity contribution in [3.63, 3.8) is 0 Å². The number of methoxy groups -OCH3 is 1. The molecule has 4 nitrogen and oxygen atoms in total. The van der Waals surface area contributed by atoms with E-state index in [1.165, 1.54) is 0 Å². The number of ether oxygens (including phenoxy) is 1. The fourth-order valence-electron chi connectivity index (χ4n) is 3.06. The molecule has 24 heavy (non-hydrogen) atoms. The minimum Gasteiger partial charge on any atom is -0.497 e. The summed E-state index contributed by atoms with van der Waals surface area (Å²) >= 11 is 0. The standard InChI is InChI=1S/C20H25NO3/c1-14-8-10-21(11-9-14)24-20(22)15(2)16-4-5-18-13-19(23-3)7-6-17(18)12-16/h4-7,12-15H,8-11H2,1-3H3. The van der Waals surface area contributed by atoms with Crippen LogP contribution in [0.2, 0.25) is 0 Å². The van der Waals surface area contributed by atoms with E-state index in [-0.39, 0.29) is 11.9 Å². The predicted octanol–water partition coefficient (Wildman–Crippen LogP) is 4.14. The van der Waals surface area contributed by atoms with E-state index < -0.39 is 0 Å². The molecule has 2 aromatic carbocycles. The van der Waals surface area contributed by atoms with Gasteiger partial charge in [0.2, 0.25) is 0 Å². The minimum absolute atomic E-state index is 0.183. The van der Waals surface area contributed by atoms with Crippen molar-refractivity contribution in [1.82, 2.24) is 5.06 Å². The second-order valence-electron chi connectivity index (χ2n) is 6.72. The number of hydrogen-bond acceptors (Lipinski definition) is 4. The Morgan fingerprint density at radius 3 is 2.50 bits per heavy atom. The Morgan fingerprint density at radius 2 is 1.79 bits per heavy atom. The molecule has 1 saturated heterocycles. The van der Waals surface area contributed by atoms with Crippen molar-refractivity contribution in [1.29, 1.82) is 0 Å². The van der Waals surface area contributed by atoms with Crippen LogP contribution >= 0.6 is 0 Å². The number of nitrogens with zero attached hydrogens (tertiary/aromatic N) is 1. The summed E-state index contributed by atoms with van der Waals surface area (Å²) in [6.07, 6.45) is 2.17. The summed E-state index contributed by atoms with van der Waals surface area (Å²) in [7, 11) is 1.66. The van der Waals surface area contributed by atoms with Crippen LogP contribution in [0.3, 0.4) is 0 Å². The van der Waals surface area contributed by atoms with Crippen LogP contribution in [-0.4, -0.2) is 31.2 Å². The first-order valence-corrected chi connectivity index (χ1v) is 8.61. The number of benzene rings is 2. The highest BCUT2D eigenvalue weighted by atomic mass is 16.7. The van der Waals surface area contributed by atoms with Crippen molar-refractivity contribution in [2.24, 2.45) is 5.92 Å². The Hall–Kier alpha value is -2.07. The SMILES string of the molecule is COc1ccc2cc(C(C)C(=O)ON3CCC(C)CC3)ccc2c1. The van der Waals surface area contributed by atoms with Gasteiger partial charge in [-0.2, -0.15) is 0 Å². The average Bonchev–Trinajstić information content (AvgIpc) is 2.62. The summed E-state index contributed by atoms with van der Waals surface area (Å²) in [4.78, 5) is 18.0. The van der Waals surface area contributed by atoms with Crippen LogP contribution in [0.1, 0.15) is 38.2 Å². The van der Waals surface area contributed by atoms with Gasteiger partial charge in [0, 0.05) is 13.1 Å². The zero-order valence-corrected chi connectivity index (χ0v) is 14.6. The molecule has 1 heterocycles. The number of hydrogen-bond donors (Lipinski definition) is 0. The Labute approximate surface area is 143 Å². The Kier molecular flexibility index (Phi) is 5.05. The number of carbonyl (C=O) groups excluding carboxylic acids is 1. The molecule has 0 bridgehead atoms. The van der Waals surface area contributed by atoms with Crippen molar-refractivity contribution in [2.45, 2.75) is 32.6 Å². The van der Waals surface area contributed by atoms with Crippen molar-refractivity contribution < 1.29 is 14.4 Å². The minimum atomic E-state index is -0.282. The van der Waals surface area contributed by atoms with E-state index in [0.29, 0.717) is 0 Å². The fraction of sp³-hybridized carbons (Fsp3) is 0.450. The van der Waals surface area contributed by atoms with Crippen LogP contribution in [-0.2, 0) is 9.63 Å². The molecule has 1 aliphatic heterocycles. The van der Waals surface area contributed by atoms with E-state index in [1.54, 1.807) is 7.11 Å². The molecule has 3 rings (SSSR count). The van der Waals surface area contributed by atoms with Gasteiger partial charge >= 0.3 is 5.97 Å². The molecule has 4 heteroatoms. The number of piperidine rings is 1. The van der Waals surface area contributed by atoms with Crippen molar-refractivity contribution in [3.05, 3.63) is 42.0 Å². The predicted molar refractivity (Wildman–Crippen MR) is 95.0 cm³/mol. The van der Waals surface area contributed by atoms with Crippen molar-refractivity contribution in [2.75, 3.05) is 20.2 Å². The summed E-state index contributed by atoms with van der Waals surface area (Å²) in [6, 6.07) is 12.0. The second kappa shape index (κ2) is 7.22. The quantitative estimate of drug-likeness (QED) is 0.846. The largest absolute Gasteiger partial charge is 0.497 e. The average molecular weight is 327 g/mol. The van der Waals surface area contributed by atoms with Crippen molar-refractivity contribution in [3.8, 4) is 5.75 Å². The van der Waals surface area contributed by atoms with Gasteiger partial charge in [0.15, 0.2) is 0 Å². The van der Waals surface area contributed by atoms with Gasteiger partial charge in [-0.1, -0.05) is 31.2 Å². The van der Waals surface area contributed by atoms with Crippen LogP contribution < -0.4 is 4.74 Å². The van der Waals surface area contributed by atoms with Gasteiger partial charge in [-0.05, 0) is 54.2 Å². The number of carbonyl (C=O) groups is 1. The zero-order chi connectivity index (χ0) is 17.1. The second-order valence-corrected chi connectivity index (χ2v) is 6.72. The third kappa shape index (κ3) is 3.70. The summed E-state index contributed by atoms with van der Waals surface area (Å²) in [5.41, 5.74) is 0.975. The van der Waals surface area contributed by atoms with Gasteiger partial charge in [0.25, 0.3) is 0 Å². The summed E-state index contributed by atoms with van der Waals surface area (Å²) in [6.45, 7) is 5.81. The smallest absolute Gasteiger partial charge is 0.332 e. The van der Waals surface area contributed by atoms with E-state index >= 15 is 0 Å². The van der Waals surface area contributed by atoms with Gasteiger partial charge in [-0.15, -0.1) is 5.06 Å². The van der Waals surface area contributed by atoms with E-state index in [1.807, 2.05) is 42.3 Å². The maximum Gasteiger partial charge on any atom is 0.332 e. The van der Waals surface area contributed by atoms with Crippen LogP contribution in [0.15, 0.2) is 36.4 Å². The number of fused-ring (bicyclic) bond motifs is 1. The van der Waals surface area contributed by atoms with E-state index in [9.17, 15) is 4.79 Å². The van der Waals surface area contributed by atoms with E-state index in [0.717, 1.165) is 53.9 Å².